The minimum absolute atomic E-state index is 0.243. The summed E-state index contributed by atoms with van der Waals surface area (Å²) in [5.74, 6) is 0. The molecule has 0 N–H and O–H groups in total. The molecule has 1 amide bonds. The van der Waals surface area contributed by atoms with Crippen LogP contribution < -0.4 is 4.90 Å². The molecule has 1 aromatic carbocycles. The standard InChI is InChI=1S/C17H21ClN2O3/c18-13-2-4-14(5-3-13)20-12-17(23-16(20)21)6-1-8-19(9-7-17)15-10-22-11-15/h2-5,15H,1,6-12H2. The molecule has 6 heteroatoms. The Morgan fingerprint density at radius 2 is 1.91 bits per heavy atom. The quantitative estimate of drug-likeness (QED) is 0.832. The van der Waals surface area contributed by atoms with Crippen molar-refractivity contribution >= 4 is 23.4 Å². The molecule has 1 unspecified atom stereocenters. The van der Waals surface area contributed by atoms with Gasteiger partial charge in [-0.3, -0.25) is 9.80 Å². The van der Waals surface area contributed by atoms with Crippen LogP contribution in [0.1, 0.15) is 19.3 Å². The summed E-state index contributed by atoms with van der Waals surface area (Å²) in [5.41, 5.74) is 0.501. The van der Waals surface area contributed by atoms with Crippen molar-refractivity contribution in [2.75, 3.05) is 37.7 Å². The molecule has 0 radical (unpaired) electrons. The lowest BCUT2D eigenvalue weighted by molar-refractivity contribution is -0.0654. The average molecular weight is 337 g/mol. The number of hydrogen-bond donors (Lipinski definition) is 0. The Bertz CT molecular complexity index is 590. The molecule has 23 heavy (non-hydrogen) atoms. The van der Waals surface area contributed by atoms with Crippen LogP contribution in [0.5, 0.6) is 0 Å². The third-order valence-electron chi connectivity index (χ3n) is 5.18. The highest BCUT2D eigenvalue weighted by atomic mass is 35.5. The van der Waals surface area contributed by atoms with Crippen LogP contribution in [0.3, 0.4) is 0 Å². The first kappa shape index (κ1) is 15.2. The fraction of sp³-hybridized carbons (Fsp3) is 0.588. The summed E-state index contributed by atoms with van der Waals surface area (Å²) >= 11 is 5.93. The van der Waals surface area contributed by atoms with Gasteiger partial charge in [0.05, 0.1) is 25.8 Å². The molecule has 0 aliphatic carbocycles. The van der Waals surface area contributed by atoms with E-state index in [0.29, 0.717) is 17.6 Å². The Hall–Kier alpha value is -1.30. The Morgan fingerprint density at radius 3 is 2.61 bits per heavy atom. The smallest absolute Gasteiger partial charge is 0.415 e. The SMILES string of the molecule is O=C1OC2(CCCN(C3COC3)CC2)CN1c1ccc(Cl)cc1. The summed E-state index contributed by atoms with van der Waals surface area (Å²) in [6.45, 7) is 4.33. The van der Waals surface area contributed by atoms with Gasteiger partial charge in [0.25, 0.3) is 0 Å². The number of nitrogens with zero attached hydrogens (tertiary/aromatic N) is 2. The minimum atomic E-state index is -0.351. The normalized spacial score (nSPS) is 29.4. The van der Waals surface area contributed by atoms with Crippen LogP contribution in [0.25, 0.3) is 0 Å². The lowest BCUT2D eigenvalue weighted by Gasteiger charge is -2.36. The van der Waals surface area contributed by atoms with Crippen LogP contribution in [0.2, 0.25) is 5.02 Å². The molecule has 1 aromatic rings. The molecule has 1 atom stereocenters. The topological polar surface area (TPSA) is 42.0 Å². The van der Waals surface area contributed by atoms with Crippen LogP contribution >= 0.6 is 11.6 Å². The number of amides is 1. The Labute approximate surface area is 141 Å². The molecule has 0 saturated carbocycles. The van der Waals surface area contributed by atoms with Crippen LogP contribution in [0.15, 0.2) is 24.3 Å². The van der Waals surface area contributed by atoms with Crippen molar-refractivity contribution in [1.82, 2.24) is 4.90 Å². The number of ether oxygens (including phenoxy) is 2. The van der Waals surface area contributed by atoms with E-state index in [1.54, 1.807) is 17.0 Å². The van der Waals surface area contributed by atoms with Crippen LogP contribution in [-0.4, -0.2) is 55.5 Å². The fourth-order valence-electron chi connectivity index (χ4n) is 3.69. The predicted octanol–water partition coefficient (Wildman–Crippen LogP) is 2.92. The molecule has 3 aliphatic heterocycles. The van der Waals surface area contributed by atoms with Crippen molar-refractivity contribution in [3.8, 4) is 0 Å². The van der Waals surface area contributed by atoms with Crippen LogP contribution in [-0.2, 0) is 9.47 Å². The van der Waals surface area contributed by atoms with Gasteiger partial charge in [-0.15, -0.1) is 0 Å². The fourth-order valence-corrected chi connectivity index (χ4v) is 3.82. The van der Waals surface area contributed by atoms with Gasteiger partial charge in [0.15, 0.2) is 0 Å². The van der Waals surface area contributed by atoms with Gasteiger partial charge in [0.1, 0.15) is 5.60 Å². The van der Waals surface area contributed by atoms with Crippen molar-refractivity contribution < 1.29 is 14.3 Å². The lowest BCUT2D eigenvalue weighted by atomic mass is 9.95. The average Bonchev–Trinajstić information content (AvgIpc) is 2.67. The molecule has 3 aliphatic rings. The molecule has 3 heterocycles. The summed E-state index contributed by atoms with van der Waals surface area (Å²) in [4.78, 5) is 16.6. The molecule has 124 valence electrons. The Kier molecular flexibility index (Phi) is 3.95. The van der Waals surface area contributed by atoms with E-state index in [2.05, 4.69) is 4.90 Å². The first-order chi connectivity index (χ1) is 11.2. The molecule has 3 saturated heterocycles. The molecule has 3 fully saturated rings. The van der Waals surface area contributed by atoms with Crippen LogP contribution in [0, 0.1) is 0 Å². The van der Waals surface area contributed by atoms with Gasteiger partial charge in [-0.05, 0) is 43.7 Å². The molecule has 0 aromatic heterocycles. The lowest BCUT2D eigenvalue weighted by Crippen LogP contribution is -2.49. The summed E-state index contributed by atoms with van der Waals surface area (Å²) in [5, 5.41) is 0.670. The summed E-state index contributed by atoms with van der Waals surface area (Å²) in [7, 11) is 0. The van der Waals surface area contributed by atoms with E-state index in [-0.39, 0.29) is 11.7 Å². The third kappa shape index (κ3) is 2.93. The second kappa shape index (κ2) is 5.96. The van der Waals surface area contributed by atoms with E-state index in [9.17, 15) is 4.79 Å². The van der Waals surface area contributed by atoms with E-state index >= 15 is 0 Å². The highest BCUT2D eigenvalue weighted by Gasteiger charge is 2.47. The third-order valence-corrected chi connectivity index (χ3v) is 5.43. The van der Waals surface area contributed by atoms with Gasteiger partial charge < -0.3 is 9.47 Å². The van der Waals surface area contributed by atoms with Gasteiger partial charge in [-0.2, -0.15) is 0 Å². The predicted molar refractivity (Wildman–Crippen MR) is 88.0 cm³/mol. The maximum absolute atomic E-state index is 12.4. The molecule has 0 bridgehead atoms. The number of likely N-dealkylation sites (tertiary alicyclic amines) is 1. The number of halogens is 1. The van der Waals surface area contributed by atoms with Gasteiger partial charge in [0.2, 0.25) is 0 Å². The molecule has 4 rings (SSSR count). The summed E-state index contributed by atoms with van der Waals surface area (Å²) in [6, 6.07) is 7.91. The van der Waals surface area contributed by atoms with Crippen molar-refractivity contribution in [3.63, 3.8) is 0 Å². The Balaban J connectivity index is 1.47. The largest absolute Gasteiger partial charge is 0.441 e. The molecule has 1 spiro atoms. The molecular formula is C17H21ClN2O3. The van der Waals surface area contributed by atoms with Crippen molar-refractivity contribution in [2.24, 2.45) is 0 Å². The molecular weight excluding hydrogens is 316 g/mol. The summed E-state index contributed by atoms with van der Waals surface area (Å²) < 4.78 is 11.1. The highest BCUT2D eigenvalue weighted by Crippen LogP contribution is 2.36. The molecule has 5 nitrogen and oxygen atoms in total. The van der Waals surface area contributed by atoms with Gasteiger partial charge in [-0.1, -0.05) is 11.6 Å². The minimum Gasteiger partial charge on any atom is -0.441 e. The van der Waals surface area contributed by atoms with Crippen molar-refractivity contribution in [1.29, 1.82) is 0 Å². The zero-order valence-corrected chi connectivity index (χ0v) is 13.8. The van der Waals surface area contributed by atoms with Gasteiger partial charge >= 0.3 is 6.09 Å². The monoisotopic (exact) mass is 336 g/mol. The van der Waals surface area contributed by atoms with E-state index < -0.39 is 0 Å². The van der Waals surface area contributed by atoms with Gasteiger partial charge in [-0.25, -0.2) is 4.79 Å². The number of hydrogen-bond acceptors (Lipinski definition) is 4. The highest BCUT2D eigenvalue weighted by molar-refractivity contribution is 6.30. The van der Waals surface area contributed by atoms with E-state index in [4.69, 9.17) is 21.1 Å². The number of carbonyl (C=O) groups excluding carboxylic acids is 1. The zero-order chi connectivity index (χ0) is 15.9. The van der Waals surface area contributed by atoms with Crippen molar-refractivity contribution in [2.45, 2.75) is 30.9 Å². The first-order valence-electron chi connectivity index (χ1n) is 8.23. The van der Waals surface area contributed by atoms with Crippen molar-refractivity contribution in [3.05, 3.63) is 29.3 Å². The number of carbonyl (C=O) groups is 1. The Morgan fingerprint density at radius 1 is 1.13 bits per heavy atom. The second-order valence-electron chi connectivity index (χ2n) is 6.69. The zero-order valence-electron chi connectivity index (χ0n) is 13.0. The van der Waals surface area contributed by atoms with E-state index in [1.807, 2.05) is 12.1 Å². The number of rotatable bonds is 2. The summed E-state index contributed by atoms with van der Waals surface area (Å²) in [6.07, 6.45) is 2.62. The van der Waals surface area contributed by atoms with Gasteiger partial charge in [0, 0.05) is 23.7 Å². The van der Waals surface area contributed by atoms with Crippen LogP contribution in [0.4, 0.5) is 10.5 Å². The number of benzene rings is 1. The second-order valence-corrected chi connectivity index (χ2v) is 7.13. The maximum atomic E-state index is 12.4. The first-order valence-corrected chi connectivity index (χ1v) is 8.61. The number of anilines is 1. The maximum Gasteiger partial charge on any atom is 0.415 e. The van der Waals surface area contributed by atoms with E-state index in [0.717, 1.165) is 51.3 Å². The van der Waals surface area contributed by atoms with E-state index in [1.165, 1.54) is 0 Å².